The Morgan fingerprint density at radius 1 is 1.44 bits per heavy atom. The van der Waals surface area contributed by atoms with E-state index in [-0.39, 0.29) is 16.8 Å². The van der Waals surface area contributed by atoms with Gasteiger partial charge in [0.2, 0.25) is 5.91 Å². The molecule has 0 bridgehead atoms. The number of nitrogens with one attached hydrogen (secondary N) is 1. The van der Waals surface area contributed by atoms with Crippen molar-refractivity contribution in [1.82, 2.24) is 10.2 Å². The number of amides is 1. The molecule has 1 unspecified atom stereocenters. The quantitative estimate of drug-likeness (QED) is 0.620. The molecule has 4 nitrogen and oxygen atoms in total. The molecule has 16 heavy (non-hydrogen) atoms. The molecule has 0 spiro atoms. The van der Waals surface area contributed by atoms with Crippen LogP contribution in [0, 0.1) is 5.92 Å². The lowest BCUT2D eigenvalue weighted by molar-refractivity contribution is -0.122. The number of nitrogens with zero attached hydrogens (tertiary/aromatic N) is 1. The molecule has 0 radical (unpaired) electrons. The minimum Gasteiger partial charge on any atom is -0.393 e. The van der Waals surface area contributed by atoms with Crippen LogP contribution in [0.25, 0.3) is 0 Å². The molecule has 0 aromatic carbocycles. The van der Waals surface area contributed by atoms with Crippen LogP contribution >= 0.6 is 12.2 Å². The second-order valence-corrected chi connectivity index (χ2v) is 4.32. The van der Waals surface area contributed by atoms with E-state index in [4.69, 9.17) is 18.0 Å². The highest BCUT2D eigenvalue weighted by Gasteiger charge is 2.14. The summed E-state index contributed by atoms with van der Waals surface area (Å²) in [5.41, 5.74) is 5.40. The van der Waals surface area contributed by atoms with Crippen molar-refractivity contribution < 1.29 is 4.79 Å². The molecule has 0 rings (SSSR count). The van der Waals surface area contributed by atoms with Gasteiger partial charge in [0.05, 0.1) is 10.9 Å². The lowest BCUT2D eigenvalue weighted by atomic mass is 10.1. The third-order valence-corrected chi connectivity index (χ3v) is 2.89. The minimum atomic E-state index is -0.378. The highest BCUT2D eigenvalue weighted by molar-refractivity contribution is 7.80. The standard InChI is InChI=1S/C11H23N3OS/c1-4-7-14(5-2)8-6-13-11(15)9(3)10(12)16/h9H,4-8H2,1-3H3,(H2,12,16)(H,13,15). The van der Waals surface area contributed by atoms with Gasteiger partial charge in [0.15, 0.2) is 0 Å². The van der Waals surface area contributed by atoms with E-state index < -0.39 is 0 Å². The smallest absolute Gasteiger partial charge is 0.229 e. The first-order valence-electron chi connectivity index (χ1n) is 5.82. The number of carbonyl (C=O) groups excluding carboxylic acids is 1. The van der Waals surface area contributed by atoms with Crippen LogP contribution < -0.4 is 11.1 Å². The van der Waals surface area contributed by atoms with E-state index in [1.807, 2.05) is 0 Å². The number of hydrogen-bond donors (Lipinski definition) is 2. The van der Waals surface area contributed by atoms with E-state index in [2.05, 4.69) is 24.1 Å². The fraction of sp³-hybridized carbons (Fsp3) is 0.818. The molecule has 0 saturated carbocycles. The fourth-order valence-corrected chi connectivity index (χ4v) is 1.47. The summed E-state index contributed by atoms with van der Waals surface area (Å²) in [6, 6.07) is 0. The Kier molecular flexibility index (Phi) is 8.11. The summed E-state index contributed by atoms with van der Waals surface area (Å²) in [6.07, 6.45) is 1.13. The molecule has 0 heterocycles. The Morgan fingerprint density at radius 2 is 2.06 bits per heavy atom. The van der Waals surface area contributed by atoms with E-state index >= 15 is 0 Å². The van der Waals surface area contributed by atoms with Crippen molar-refractivity contribution in [2.24, 2.45) is 11.7 Å². The van der Waals surface area contributed by atoms with Crippen molar-refractivity contribution in [2.75, 3.05) is 26.2 Å². The minimum absolute atomic E-state index is 0.0833. The Balaban J connectivity index is 3.80. The topological polar surface area (TPSA) is 58.4 Å². The number of hydrogen-bond acceptors (Lipinski definition) is 3. The predicted octanol–water partition coefficient (Wildman–Crippen LogP) is 0.757. The largest absolute Gasteiger partial charge is 0.393 e. The number of likely N-dealkylation sites (N-methyl/N-ethyl adjacent to an activating group) is 1. The number of nitrogens with two attached hydrogens (primary N) is 1. The second kappa shape index (κ2) is 8.47. The third-order valence-electron chi connectivity index (χ3n) is 2.53. The SMILES string of the molecule is CCCN(CC)CCNC(=O)C(C)C(N)=S. The van der Waals surface area contributed by atoms with Crippen LogP contribution in [-0.4, -0.2) is 42.0 Å². The monoisotopic (exact) mass is 245 g/mol. The fourth-order valence-electron chi connectivity index (χ4n) is 1.36. The number of rotatable bonds is 8. The highest BCUT2D eigenvalue weighted by Crippen LogP contribution is 1.95. The van der Waals surface area contributed by atoms with Gasteiger partial charge in [-0.05, 0) is 26.4 Å². The van der Waals surface area contributed by atoms with Crippen molar-refractivity contribution >= 4 is 23.1 Å². The highest BCUT2D eigenvalue weighted by atomic mass is 32.1. The average Bonchev–Trinajstić information content (AvgIpc) is 2.26. The maximum absolute atomic E-state index is 11.5. The zero-order valence-corrected chi connectivity index (χ0v) is 11.3. The van der Waals surface area contributed by atoms with Crippen molar-refractivity contribution in [3.63, 3.8) is 0 Å². The Hall–Kier alpha value is -0.680. The maximum Gasteiger partial charge on any atom is 0.229 e. The molecule has 0 aromatic rings. The van der Waals surface area contributed by atoms with Crippen molar-refractivity contribution in [3.8, 4) is 0 Å². The van der Waals surface area contributed by atoms with Gasteiger partial charge in [-0.1, -0.05) is 26.1 Å². The summed E-state index contributed by atoms with van der Waals surface area (Å²) in [6.45, 7) is 9.60. The van der Waals surface area contributed by atoms with Gasteiger partial charge in [0.25, 0.3) is 0 Å². The molecule has 0 aromatic heterocycles. The van der Waals surface area contributed by atoms with E-state index in [1.54, 1.807) is 6.92 Å². The summed E-state index contributed by atoms with van der Waals surface area (Å²) >= 11 is 4.77. The summed E-state index contributed by atoms with van der Waals surface area (Å²) in [5, 5.41) is 2.84. The van der Waals surface area contributed by atoms with Crippen LogP contribution in [0.15, 0.2) is 0 Å². The molecular formula is C11H23N3OS. The van der Waals surface area contributed by atoms with Gasteiger partial charge in [0.1, 0.15) is 0 Å². The first-order valence-corrected chi connectivity index (χ1v) is 6.23. The van der Waals surface area contributed by atoms with Gasteiger partial charge in [-0.3, -0.25) is 4.79 Å². The molecule has 1 atom stereocenters. The number of carbonyl (C=O) groups is 1. The van der Waals surface area contributed by atoms with Crippen LogP contribution in [0.2, 0.25) is 0 Å². The first-order chi connectivity index (χ1) is 7.52. The summed E-state index contributed by atoms with van der Waals surface area (Å²) in [7, 11) is 0. The van der Waals surface area contributed by atoms with E-state index in [0.29, 0.717) is 6.54 Å². The molecule has 0 aliphatic carbocycles. The van der Waals surface area contributed by atoms with Crippen LogP contribution in [-0.2, 0) is 4.79 Å². The zero-order chi connectivity index (χ0) is 12.6. The van der Waals surface area contributed by atoms with E-state index in [9.17, 15) is 4.79 Å². The van der Waals surface area contributed by atoms with Gasteiger partial charge in [-0.2, -0.15) is 0 Å². The lowest BCUT2D eigenvalue weighted by Crippen LogP contribution is -2.40. The van der Waals surface area contributed by atoms with E-state index in [1.165, 1.54) is 0 Å². The van der Waals surface area contributed by atoms with Gasteiger partial charge in [-0.25, -0.2) is 0 Å². The normalized spacial score (nSPS) is 12.5. The maximum atomic E-state index is 11.5. The van der Waals surface area contributed by atoms with Crippen LogP contribution in [0.5, 0.6) is 0 Å². The van der Waals surface area contributed by atoms with Crippen molar-refractivity contribution in [3.05, 3.63) is 0 Å². The first kappa shape index (κ1) is 15.3. The molecule has 0 fully saturated rings. The van der Waals surface area contributed by atoms with Crippen molar-refractivity contribution in [2.45, 2.75) is 27.2 Å². The molecule has 1 amide bonds. The van der Waals surface area contributed by atoms with Crippen LogP contribution in [0.4, 0.5) is 0 Å². The number of thiocarbonyl (C=S) groups is 1. The summed E-state index contributed by atoms with van der Waals surface area (Å²) in [5.74, 6) is -0.462. The molecule has 3 N–H and O–H groups in total. The average molecular weight is 245 g/mol. The third kappa shape index (κ3) is 6.02. The Morgan fingerprint density at radius 3 is 2.50 bits per heavy atom. The van der Waals surface area contributed by atoms with Gasteiger partial charge in [-0.15, -0.1) is 0 Å². The van der Waals surface area contributed by atoms with Crippen molar-refractivity contribution in [1.29, 1.82) is 0 Å². The molecule has 0 aliphatic rings. The van der Waals surface area contributed by atoms with E-state index in [0.717, 1.165) is 26.1 Å². The Bertz CT molecular complexity index is 233. The summed E-state index contributed by atoms with van der Waals surface area (Å²) in [4.78, 5) is 14.1. The second-order valence-electron chi connectivity index (χ2n) is 3.85. The van der Waals surface area contributed by atoms with Crippen LogP contribution in [0.1, 0.15) is 27.2 Å². The molecule has 0 saturated heterocycles. The van der Waals surface area contributed by atoms with Crippen LogP contribution in [0.3, 0.4) is 0 Å². The van der Waals surface area contributed by atoms with Gasteiger partial charge in [0, 0.05) is 13.1 Å². The molecular weight excluding hydrogens is 222 g/mol. The molecule has 94 valence electrons. The lowest BCUT2D eigenvalue weighted by Gasteiger charge is -2.20. The van der Waals surface area contributed by atoms with Gasteiger partial charge >= 0.3 is 0 Å². The molecule has 0 aliphatic heterocycles. The Labute approximate surface area is 104 Å². The predicted molar refractivity (Wildman–Crippen MR) is 71.4 cm³/mol. The zero-order valence-electron chi connectivity index (χ0n) is 10.5. The molecule has 5 heteroatoms. The summed E-state index contributed by atoms with van der Waals surface area (Å²) < 4.78 is 0. The van der Waals surface area contributed by atoms with Gasteiger partial charge < -0.3 is 16.0 Å².